The highest BCUT2D eigenvalue weighted by Crippen LogP contribution is 2.29. The van der Waals surface area contributed by atoms with Crippen molar-refractivity contribution >= 4 is 27.6 Å². The van der Waals surface area contributed by atoms with Gasteiger partial charge >= 0.3 is 5.97 Å². The summed E-state index contributed by atoms with van der Waals surface area (Å²) in [5.41, 5.74) is 0.726. The Bertz CT molecular complexity index is 1020. The summed E-state index contributed by atoms with van der Waals surface area (Å²) in [6, 6.07) is 12.0. The molecule has 7 nitrogen and oxygen atoms in total. The van der Waals surface area contributed by atoms with E-state index in [1.54, 1.807) is 18.2 Å². The van der Waals surface area contributed by atoms with E-state index in [0.29, 0.717) is 5.56 Å². The largest absolute Gasteiger partial charge is 0.452 e. The van der Waals surface area contributed by atoms with Crippen molar-refractivity contribution in [2.75, 3.05) is 17.6 Å². The molecule has 0 spiro atoms. The van der Waals surface area contributed by atoms with Gasteiger partial charge in [-0.05, 0) is 37.1 Å². The SMILES string of the molecule is CS(=O)(=O)Nc1cccc(C(=O)OCC(=O)N(Cc2ccccc2F)C2CC2)c1. The Morgan fingerprint density at radius 3 is 2.55 bits per heavy atom. The second kappa shape index (κ2) is 8.60. The zero-order valence-electron chi connectivity index (χ0n) is 15.8. The molecule has 2 aromatic rings. The first-order valence-corrected chi connectivity index (χ1v) is 10.9. The number of rotatable bonds is 8. The molecule has 0 saturated heterocycles. The molecule has 2 aromatic carbocycles. The van der Waals surface area contributed by atoms with E-state index >= 15 is 0 Å². The lowest BCUT2D eigenvalue weighted by Gasteiger charge is -2.22. The Balaban J connectivity index is 1.62. The zero-order valence-corrected chi connectivity index (χ0v) is 16.6. The van der Waals surface area contributed by atoms with Gasteiger partial charge in [-0.15, -0.1) is 0 Å². The molecule has 0 aliphatic heterocycles. The van der Waals surface area contributed by atoms with Gasteiger partial charge in [-0.1, -0.05) is 24.3 Å². The molecular formula is C20H21FN2O5S. The lowest BCUT2D eigenvalue weighted by atomic mass is 10.2. The van der Waals surface area contributed by atoms with Crippen LogP contribution in [0.4, 0.5) is 10.1 Å². The van der Waals surface area contributed by atoms with E-state index < -0.39 is 34.3 Å². The van der Waals surface area contributed by atoms with E-state index in [-0.39, 0.29) is 23.8 Å². The van der Waals surface area contributed by atoms with Crippen LogP contribution in [0.25, 0.3) is 0 Å². The Kier molecular flexibility index (Phi) is 6.17. The molecule has 0 heterocycles. The second-order valence-corrected chi connectivity index (χ2v) is 8.62. The minimum absolute atomic E-state index is 0.0168. The molecule has 9 heteroatoms. The number of halogens is 1. The average molecular weight is 420 g/mol. The number of benzene rings is 2. The zero-order chi connectivity index (χ0) is 21.0. The Morgan fingerprint density at radius 2 is 1.90 bits per heavy atom. The van der Waals surface area contributed by atoms with Gasteiger partial charge in [0, 0.05) is 23.8 Å². The summed E-state index contributed by atoms with van der Waals surface area (Å²) in [4.78, 5) is 26.3. The van der Waals surface area contributed by atoms with Gasteiger partial charge in [-0.3, -0.25) is 9.52 Å². The number of ether oxygens (including phenoxy) is 1. The molecule has 3 rings (SSSR count). The van der Waals surface area contributed by atoms with Crippen molar-refractivity contribution in [3.05, 3.63) is 65.5 Å². The fourth-order valence-electron chi connectivity index (χ4n) is 2.83. The van der Waals surface area contributed by atoms with Crippen molar-refractivity contribution in [3.8, 4) is 0 Å². The number of nitrogens with one attached hydrogen (secondary N) is 1. The molecule has 1 fully saturated rings. The number of hydrogen-bond acceptors (Lipinski definition) is 5. The van der Waals surface area contributed by atoms with Crippen molar-refractivity contribution in [2.45, 2.75) is 25.4 Å². The van der Waals surface area contributed by atoms with Crippen LogP contribution in [0, 0.1) is 5.82 Å². The van der Waals surface area contributed by atoms with Gasteiger partial charge in [-0.2, -0.15) is 0 Å². The van der Waals surface area contributed by atoms with Gasteiger partial charge in [0.15, 0.2) is 6.61 Å². The van der Waals surface area contributed by atoms with Crippen LogP contribution in [0.15, 0.2) is 48.5 Å². The maximum atomic E-state index is 13.9. The Labute approximate surface area is 168 Å². The third kappa shape index (κ3) is 6.02. The summed E-state index contributed by atoms with van der Waals surface area (Å²) in [7, 11) is -3.49. The van der Waals surface area contributed by atoms with E-state index in [1.165, 1.54) is 35.2 Å². The van der Waals surface area contributed by atoms with Crippen LogP contribution < -0.4 is 4.72 Å². The van der Waals surface area contributed by atoms with Gasteiger partial charge in [-0.25, -0.2) is 17.6 Å². The van der Waals surface area contributed by atoms with E-state index in [2.05, 4.69) is 4.72 Å². The number of amides is 1. The number of esters is 1. The fourth-order valence-corrected chi connectivity index (χ4v) is 3.39. The van der Waals surface area contributed by atoms with Crippen molar-refractivity contribution in [3.63, 3.8) is 0 Å². The summed E-state index contributed by atoms with van der Waals surface area (Å²) in [5.74, 6) is -1.55. The maximum absolute atomic E-state index is 13.9. The summed E-state index contributed by atoms with van der Waals surface area (Å²) >= 11 is 0. The van der Waals surface area contributed by atoms with Crippen LogP contribution in [0.2, 0.25) is 0 Å². The van der Waals surface area contributed by atoms with E-state index in [4.69, 9.17) is 4.74 Å². The van der Waals surface area contributed by atoms with Gasteiger partial charge in [0.2, 0.25) is 10.0 Å². The van der Waals surface area contributed by atoms with Crippen LogP contribution in [-0.4, -0.2) is 44.1 Å². The minimum atomic E-state index is -3.49. The van der Waals surface area contributed by atoms with Gasteiger partial charge in [0.25, 0.3) is 5.91 Å². The van der Waals surface area contributed by atoms with E-state index in [1.807, 2.05) is 0 Å². The van der Waals surface area contributed by atoms with Crippen molar-refractivity contribution in [2.24, 2.45) is 0 Å². The molecular weight excluding hydrogens is 399 g/mol. The summed E-state index contributed by atoms with van der Waals surface area (Å²) in [6.07, 6.45) is 2.65. The highest BCUT2D eigenvalue weighted by molar-refractivity contribution is 7.92. The first kappa shape index (κ1) is 20.8. The standard InChI is InChI=1S/C20H21FN2O5S/c1-29(26,27)22-16-7-4-6-14(11-16)20(25)28-13-19(24)23(17-9-10-17)12-15-5-2-3-8-18(15)21/h2-8,11,17,22H,9-10,12-13H2,1H3. The third-order valence-corrected chi connectivity index (χ3v) is 4.94. The van der Waals surface area contributed by atoms with Crippen LogP contribution >= 0.6 is 0 Å². The average Bonchev–Trinajstić information content (AvgIpc) is 3.49. The molecule has 1 N–H and O–H groups in total. The van der Waals surface area contributed by atoms with E-state index in [9.17, 15) is 22.4 Å². The maximum Gasteiger partial charge on any atom is 0.338 e. The van der Waals surface area contributed by atoms with Crippen LogP contribution in [0.5, 0.6) is 0 Å². The monoisotopic (exact) mass is 420 g/mol. The van der Waals surface area contributed by atoms with Crippen molar-refractivity contribution < 1.29 is 27.1 Å². The third-order valence-electron chi connectivity index (χ3n) is 4.33. The topological polar surface area (TPSA) is 92.8 Å². The molecule has 0 aromatic heterocycles. The molecule has 0 bridgehead atoms. The molecule has 0 unspecified atom stereocenters. The van der Waals surface area contributed by atoms with Gasteiger partial charge in [0.05, 0.1) is 11.8 Å². The van der Waals surface area contributed by atoms with Crippen LogP contribution in [0.3, 0.4) is 0 Å². The lowest BCUT2D eigenvalue weighted by molar-refractivity contribution is -0.135. The smallest absolute Gasteiger partial charge is 0.338 e. The summed E-state index contributed by atoms with van der Waals surface area (Å²) in [6.45, 7) is -0.366. The number of nitrogens with zero attached hydrogens (tertiary/aromatic N) is 1. The normalized spacial score (nSPS) is 13.6. The van der Waals surface area contributed by atoms with Crippen LogP contribution in [-0.2, 0) is 26.1 Å². The predicted octanol–water partition coefficient (Wildman–Crippen LogP) is 2.55. The Hall–Kier alpha value is -2.94. The molecule has 0 atom stereocenters. The van der Waals surface area contributed by atoms with Crippen LogP contribution in [0.1, 0.15) is 28.8 Å². The lowest BCUT2D eigenvalue weighted by Crippen LogP contribution is -2.36. The molecule has 1 aliphatic carbocycles. The van der Waals surface area contributed by atoms with Gasteiger partial charge in [0.1, 0.15) is 5.82 Å². The Morgan fingerprint density at radius 1 is 1.17 bits per heavy atom. The first-order valence-electron chi connectivity index (χ1n) is 9.01. The number of hydrogen-bond donors (Lipinski definition) is 1. The highest BCUT2D eigenvalue weighted by atomic mass is 32.2. The summed E-state index contributed by atoms with van der Waals surface area (Å²) in [5, 5.41) is 0. The molecule has 0 radical (unpaired) electrons. The molecule has 1 amide bonds. The molecule has 1 saturated carbocycles. The summed E-state index contributed by atoms with van der Waals surface area (Å²) < 4.78 is 43.9. The van der Waals surface area contributed by atoms with Crippen molar-refractivity contribution in [1.82, 2.24) is 4.90 Å². The predicted molar refractivity (Wildman–Crippen MR) is 105 cm³/mol. The number of sulfonamides is 1. The second-order valence-electron chi connectivity index (χ2n) is 6.88. The highest BCUT2D eigenvalue weighted by Gasteiger charge is 2.33. The molecule has 154 valence electrons. The fraction of sp³-hybridized carbons (Fsp3) is 0.300. The first-order chi connectivity index (χ1) is 13.7. The minimum Gasteiger partial charge on any atom is -0.452 e. The number of anilines is 1. The number of carbonyl (C=O) groups excluding carboxylic acids is 2. The van der Waals surface area contributed by atoms with E-state index in [0.717, 1.165) is 19.1 Å². The van der Waals surface area contributed by atoms with Crippen molar-refractivity contribution in [1.29, 1.82) is 0 Å². The molecule has 1 aliphatic rings. The van der Waals surface area contributed by atoms with Gasteiger partial charge < -0.3 is 9.64 Å². The molecule has 29 heavy (non-hydrogen) atoms. The number of carbonyl (C=O) groups is 2. The quantitative estimate of drug-likeness (QED) is 0.663.